The summed E-state index contributed by atoms with van der Waals surface area (Å²) in [6.07, 6.45) is 4.61. The molecule has 0 aliphatic heterocycles. The predicted octanol–water partition coefficient (Wildman–Crippen LogP) is 0.955. The quantitative estimate of drug-likeness (QED) is 0.686. The van der Waals surface area contributed by atoms with Crippen LogP contribution in [0.15, 0.2) is 12.4 Å². The first kappa shape index (κ1) is 15.0. The number of carboxylic acids is 1. The smallest absolute Gasteiger partial charge is 0.326 e. The molecule has 1 aromatic rings. The lowest BCUT2D eigenvalue weighted by Crippen LogP contribution is -2.45. The van der Waals surface area contributed by atoms with Crippen molar-refractivity contribution in [1.29, 1.82) is 0 Å². The molecule has 1 aromatic heterocycles. The molecule has 2 amide bonds. The average Bonchev–Trinajstić information content (AvgIpc) is 2.83. The molecule has 3 N–H and O–H groups in total. The molecule has 1 atom stereocenters. The summed E-state index contributed by atoms with van der Waals surface area (Å²) in [6, 6.07) is -1.33. The summed E-state index contributed by atoms with van der Waals surface area (Å²) < 4.78 is 1.76. The summed E-state index contributed by atoms with van der Waals surface area (Å²) in [5.74, 6) is -1.02. The number of hydrogen-bond donors (Lipinski definition) is 3. The summed E-state index contributed by atoms with van der Waals surface area (Å²) in [5.41, 5.74) is 0.874. The van der Waals surface area contributed by atoms with Crippen molar-refractivity contribution in [1.82, 2.24) is 20.4 Å². The Kier molecular flexibility index (Phi) is 5.84. The molecule has 1 rings (SSSR count). The van der Waals surface area contributed by atoms with Crippen LogP contribution in [0.3, 0.4) is 0 Å². The van der Waals surface area contributed by atoms with Crippen molar-refractivity contribution in [2.75, 3.05) is 0 Å². The Morgan fingerprint density at radius 1 is 1.47 bits per heavy atom. The van der Waals surface area contributed by atoms with Gasteiger partial charge in [0.15, 0.2) is 0 Å². The van der Waals surface area contributed by atoms with Crippen molar-refractivity contribution in [3.63, 3.8) is 0 Å². The molecule has 7 nitrogen and oxygen atoms in total. The van der Waals surface area contributed by atoms with Crippen LogP contribution in [0.5, 0.6) is 0 Å². The third-order valence-corrected chi connectivity index (χ3v) is 2.64. The van der Waals surface area contributed by atoms with Gasteiger partial charge in [-0.1, -0.05) is 13.3 Å². The second-order valence-corrected chi connectivity index (χ2v) is 4.21. The van der Waals surface area contributed by atoms with Crippen LogP contribution in [0.4, 0.5) is 4.79 Å². The van der Waals surface area contributed by atoms with E-state index in [0.29, 0.717) is 19.4 Å². The van der Waals surface area contributed by atoms with Gasteiger partial charge in [-0.15, -0.1) is 0 Å². The molecule has 19 heavy (non-hydrogen) atoms. The Morgan fingerprint density at radius 2 is 2.21 bits per heavy atom. The molecule has 0 radical (unpaired) electrons. The summed E-state index contributed by atoms with van der Waals surface area (Å²) in [5, 5.41) is 18.0. The van der Waals surface area contributed by atoms with E-state index in [-0.39, 0.29) is 0 Å². The fourth-order valence-corrected chi connectivity index (χ4v) is 1.61. The maximum absolute atomic E-state index is 11.6. The first-order valence-electron chi connectivity index (χ1n) is 6.35. The second kappa shape index (κ2) is 7.40. The molecule has 0 spiro atoms. The minimum absolute atomic E-state index is 0.324. The lowest BCUT2D eigenvalue weighted by molar-refractivity contribution is -0.139. The molecule has 0 saturated carbocycles. The summed E-state index contributed by atoms with van der Waals surface area (Å²) in [7, 11) is 0. The number of hydrogen-bond acceptors (Lipinski definition) is 3. The number of carbonyl (C=O) groups is 2. The maximum Gasteiger partial charge on any atom is 0.326 e. The number of nitrogens with zero attached hydrogens (tertiary/aromatic N) is 2. The number of amides is 2. The zero-order valence-corrected chi connectivity index (χ0v) is 11.2. The van der Waals surface area contributed by atoms with Gasteiger partial charge in [0.1, 0.15) is 6.04 Å². The van der Waals surface area contributed by atoms with E-state index in [1.807, 2.05) is 20.0 Å². The minimum atomic E-state index is -1.02. The molecular formula is C12H20N4O3. The second-order valence-electron chi connectivity index (χ2n) is 4.21. The van der Waals surface area contributed by atoms with Gasteiger partial charge in [-0.3, -0.25) is 4.68 Å². The van der Waals surface area contributed by atoms with Crippen LogP contribution in [-0.2, 0) is 17.9 Å². The highest BCUT2D eigenvalue weighted by Crippen LogP contribution is 1.98. The maximum atomic E-state index is 11.6. The molecule has 0 aliphatic rings. The van der Waals surface area contributed by atoms with Gasteiger partial charge in [0.05, 0.1) is 6.20 Å². The molecule has 0 aromatic carbocycles. The number of aromatic nitrogens is 2. The number of carbonyl (C=O) groups excluding carboxylic acids is 1. The fourth-order valence-electron chi connectivity index (χ4n) is 1.61. The number of urea groups is 1. The number of aryl methyl sites for hydroxylation is 1. The molecule has 1 heterocycles. The highest BCUT2D eigenvalue weighted by molar-refractivity contribution is 5.82. The summed E-state index contributed by atoms with van der Waals surface area (Å²) in [6.45, 7) is 4.93. The van der Waals surface area contributed by atoms with Crippen LogP contribution in [0.25, 0.3) is 0 Å². The van der Waals surface area contributed by atoms with Crippen LogP contribution in [0.1, 0.15) is 32.3 Å². The van der Waals surface area contributed by atoms with E-state index in [1.165, 1.54) is 0 Å². The zero-order chi connectivity index (χ0) is 14.3. The van der Waals surface area contributed by atoms with E-state index >= 15 is 0 Å². The van der Waals surface area contributed by atoms with Gasteiger partial charge < -0.3 is 15.7 Å². The third kappa shape index (κ3) is 4.99. The Hall–Kier alpha value is -2.05. The molecule has 0 fully saturated rings. The predicted molar refractivity (Wildman–Crippen MR) is 69.6 cm³/mol. The molecule has 0 bridgehead atoms. The number of aliphatic carboxylic acids is 1. The molecule has 0 aliphatic carbocycles. The zero-order valence-electron chi connectivity index (χ0n) is 11.2. The molecular weight excluding hydrogens is 248 g/mol. The van der Waals surface area contributed by atoms with Crippen LogP contribution in [0, 0.1) is 0 Å². The fraction of sp³-hybridized carbons (Fsp3) is 0.583. The van der Waals surface area contributed by atoms with Crippen molar-refractivity contribution in [3.8, 4) is 0 Å². The third-order valence-electron chi connectivity index (χ3n) is 2.64. The molecule has 1 unspecified atom stereocenters. The number of carboxylic acid groups (broad SMARTS) is 1. The largest absolute Gasteiger partial charge is 0.480 e. The van der Waals surface area contributed by atoms with E-state index in [4.69, 9.17) is 5.11 Å². The van der Waals surface area contributed by atoms with Gasteiger partial charge in [0.25, 0.3) is 0 Å². The number of nitrogens with one attached hydrogen (secondary N) is 2. The van der Waals surface area contributed by atoms with Crippen molar-refractivity contribution in [2.24, 2.45) is 0 Å². The highest BCUT2D eigenvalue weighted by atomic mass is 16.4. The van der Waals surface area contributed by atoms with E-state index in [9.17, 15) is 9.59 Å². The Labute approximate surface area is 112 Å². The molecule has 7 heteroatoms. The Morgan fingerprint density at radius 3 is 2.74 bits per heavy atom. The normalized spacial score (nSPS) is 11.9. The summed E-state index contributed by atoms with van der Waals surface area (Å²) >= 11 is 0. The average molecular weight is 268 g/mol. The standard InChI is InChI=1S/C12H20N4O3/c1-3-5-10(11(17)18)15-12(19)13-6-9-7-14-16(4-2)8-9/h7-8,10H,3-6H2,1-2H3,(H,17,18)(H2,13,15,19). The van der Waals surface area contributed by atoms with Gasteiger partial charge in [-0.05, 0) is 13.3 Å². The van der Waals surface area contributed by atoms with Gasteiger partial charge in [-0.25, -0.2) is 9.59 Å². The van der Waals surface area contributed by atoms with E-state index in [0.717, 1.165) is 12.1 Å². The molecule has 0 saturated heterocycles. The Bertz CT molecular complexity index is 430. The van der Waals surface area contributed by atoms with Gasteiger partial charge >= 0.3 is 12.0 Å². The van der Waals surface area contributed by atoms with Gasteiger partial charge in [0, 0.05) is 24.8 Å². The van der Waals surface area contributed by atoms with Crippen molar-refractivity contribution < 1.29 is 14.7 Å². The van der Waals surface area contributed by atoms with Crippen LogP contribution < -0.4 is 10.6 Å². The lowest BCUT2D eigenvalue weighted by atomic mass is 10.2. The van der Waals surface area contributed by atoms with Gasteiger partial charge in [0.2, 0.25) is 0 Å². The Balaban J connectivity index is 2.40. The van der Waals surface area contributed by atoms with Crippen molar-refractivity contribution >= 4 is 12.0 Å². The number of rotatable bonds is 7. The first-order chi connectivity index (χ1) is 9.06. The van der Waals surface area contributed by atoms with Crippen LogP contribution in [-0.4, -0.2) is 32.9 Å². The highest BCUT2D eigenvalue weighted by Gasteiger charge is 2.18. The van der Waals surface area contributed by atoms with E-state index in [1.54, 1.807) is 10.9 Å². The monoisotopic (exact) mass is 268 g/mol. The van der Waals surface area contributed by atoms with Gasteiger partial charge in [-0.2, -0.15) is 5.10 Å². The van der Waals surface area contributed by atoms with E-state index < -0.39 is 18.0 Å². The minimum Gasteiger partial charge on any atom is -0.480 e. The van der Waals surface area contributed by atoms with Crippen LogP contribution >= 0.6 is 0 Å². The molecule has 106 valence electrons. The van der Waals surface area contributed by atoms with Crippen molar-refractivity contribution in [2.45, 2.75) is 45.8 Å². The van der Waals surface area contributed by atoms with Crippen molar-refractivity contribution in [3.05, 3.63) is 18.0 Å². The lowest BCUT2D eigenvalue weighted by Gasteiger charge is -2.13. The summed E-state index contributed by atoms with van der Waals surface area (Å²) in [4.78, 5) is 22.5. The van der Waals surface area contributed by atoms with Crippen LogP contribution in [0.2, 0.25) is 0 Å². The first-order valence-corrected chi connectivity index (χ1v) is 6.35. The SMILES string of the molecule is CCCC(NC(=O)NCc1cnn(CC)c1)C(=O)O. The van der Waals surface area contributed by atoms with E-state index in [2.05, 4.69) is 15.7 Å². The topological polar surface area (TPSA) is 96.3 Å².